The van der Waals surface area contributed by atoms with Gasteiger partial charge in [-0.1, -0.05) is 54.6 Å². The molecule has 0 fully saturated rings. The zero-order chi connectivity index (χ0) is 13.4. The van der Waals surface area contributed by atoms with Crippen molar-refractivity contribution in [1.29, 1.82) is 0 Å². The standard InChI is InChI=1S/C15H20O3/c1-3-4-6-11-13(16)15(18-2)14(17)12-9-7-5-8-10-12/h3-11,13-17H,1-2H3/b4-3+,11-6+/t13-,14+,15+/m0/s1. The third-order valence-electron chi connectivity index (χ3n) is 2.67. The van der Waals surface area contributed by atoms with E-state index in [4.69, 9.17) is 4.74 Å². The molecule has 1 rings (SSSR count). The normalized spacial score (nSPS) is 17.1. The average molecular weight is 248 g/mol. The third-order valence-corrected chi connectivity index (χ3v) is 2.67. The van der Waals surface area contributed by atoms with Gasteiger partial charge in [0.05, 0.1) is 0 Å². The van der Waals surface area contributed by atoms with Crippen molar-refractivity contribution >= 4 is 0 Å². The zero-order valence-electron chi connectivity index (χ0n) is 10.7. The van der Waals surface area contributed by atoms with Crippen LogP contribution in [0, 0.1) is 0 Å². The molecule has 0 heterocycles. The Morgan fingerprint density at radius 3 is 2.33 bits per heavy atom. The van der Waals surface area contributed by atoms with Crippen molar-refractivity contribution in [3.63, 3.8) is 0 Å². The molecule has 0 spiro atoms. The summed E-state index contributed by atoms with van der Waals surface area (Å²) in [5, 5.41) is 20.1. The number of methoxy groups -OCH3 is 1. The fraction of sp³-hybridized carbons (Fsp3) is 0.333. The molecule has 0 saturated carbocycles. The summed E-state index contributed by atoms with van der Waals surface area (Å²) in [6.07, 6.45) is 4.59. The molecule has 0 saturated heterocycles. The lowest BCUT2D eigenvalue weighted by molar-refractivity contribution is -0.0670. The van der Waals surface area contributed by atoms with E-state index in [1.54, 1.807) is 24.3 Å². The molecule has 0 aliphatic carbocycles. The van der Waals surface area contributed by atoms with Crippen molar-refractivity contribution in [3.8, 4) is 0 Å². The Morgan fingerprint density at radius 1 is 1.11 bits per heavy atom. The Bertz CT molecular complexity index is 384. The number of aliphatic hydroxyl groups excluding tert-OH is 2. The topological polar surface area (TPSA) is 49.7 Å². The molecule has 1 aromatic rings. The molecule has 1 aromatic carbocycles. The van der Waals surface area contributed by atoms with Crippen LogP contribution in [0.3, 0.4) is 0 Å². The van der Waals surface area contributed by atoms with Gasteiger partial charge in [0, 0.05) is 7.11 Å². The summed E-state index contributed by atoms with van der Waals surface area (Å²) < 4.78 is 5.18. The molecule has 0 aromatic heterocycles. The lowest BCUT2D eigenvalue weighted by Crippen LogP contribution is -2.32. The Morgan fingerprint density at radius 2 is 1.78 bits per heavy atom. The Hall–Kier alpha value is -1.42. The summed E-state index contributed by atoms with van der Waals surface area (Å²) in [6, 6.07) is 9.17. The molecule has 0 radical (unpaired) electrons. The van der Waals surface area contributed by atoms with Gasteiger partial charge < -0.3 is 14.9 Å². The van der Waals surface area contributed by atoms with Crippen LogP contribution in [0.15, 0.2) is 54.6 Å². The molecular weight excluding hydrogens is 228 g/mol. The van der Waals surface area contributed by atoms with E-state index < -0.39 is 18.3 Å². The minimum atomic E-state index is -0.860. The second kappa shape index (κ2) is 7.82. The summed E-state index contributed by atoms with van der Waals surface area (Å²) in [6.45, 7) is 1.89. The van der Waals surface area contributed by atoms with Crippen LogP contribution in [-0.2, 0) is 4.74 Å². The molecule has 18 heavy (non-hydrogen) atoms. The lowest BCUT2D eigenvalue weighted by atomic mass is 10.00. The lowest BCUT2D eigenvalue weighted by Gasteiger charge is -2.24. The highest BCUT2D eigenvalue weighted by atomic mass is 16.5. The van der Waals surface area contributed by atoms with Gasteiger partial charge >= 0.3 is 0 Å². The van der Waals surface area contributed by atoms with E-state index in [0.29, 0.717) is 0 Å². The first-order valence-electron chi connectivity index (χ1n) is 5.94. The second-order valence-corrected chi connectivity index (χ2v) is 3.96. The number of hydrogen-bond acceptors (Lipinski definition) is 3. The van der Waals surface area contributed by atoms with Gasteiger partial charge in [-0.15, -0.1) is 0 Å². The van der Waals surface area contributed by atoms with Gasteiger partial charge in [-0.3, -0.25) is 0 Å². The van der Waals surface area contributed by atoms with E-state index in [1.165, 1.54) is 7.11 Å². The van der Waals surface area contributed by atoms with E-state index in [1.807, 2.05) is 37.3 Å². The van der Waals surface area contributed by atoms with Crippen molar-refractivity contribution in [2.24, 2.45) is 0 Å². The van der Waals surface area contributed by atoms with E-state index in [0.717, 1.165) is 5.56 Å². The number of benzene rings is 1. The van der Waals surface area contributed by atoms with Crippen LogP contribution >= 0.6 is 0 Å². The molecular formula is C15H20O3. The zero-order valence-corrected chi connectivity index (χ0v) is 10.7. The maximum atomic E-state index is 10.2. The molecule has 3 nitrogen and oxygen atoms in total. The van der Waals surface area contributed by atoms with E-state index in [2.05, 4.69) is 0 Å². The highest BCUT2D eigenvalue weighted by Crippen LogP contribution is 2.21. The van der Waals surface area contributed by atoms with Crippen LogP contribution in [0.4, 0.5) is 0 Å². The van der Waals surface area contributed by atoms with Crippen LogP contribution in [-0.4, -0.2) is 29.5 Å². The number of ether oxygens (including phenoxy) is 1. The second-order valence-electron chi connectivity index (χ2n) is 3.96. The maximum absolute atomic E-state index is 10.2. The summed E-state index contributed by atoms with van der Waals surface area (Å²) >= 11 is 0. The van der Waals surface area contributed by atoms with Crippen molar-refractivity contribution < 1.29 is 14.9 Å². The minimum Gasteiger partial charge on any atom is -0.386 e. The average Bonchev–Trinajstić information content (AvgIpc) is 2.41. The largest absolute Gasteiger partial charge is 0.386 e. The predicted octanol–water partition coefficient (Wildman–Crippen LogP) is 2.23. The number of aliphatic hydroxyl groups is 2. The van der Waals surface area contributed by atoms with Gasteiger partial charge in [0.25, 0.3) is 0 Å². The highest BCUT2D eigenvalue weighted by molar-refractivity contribution is 5.19. The minimum absolute atomic E-state index is 0.686. The van der Waals surface area contributed by atoms with E-state index in [9.17, 15) is 10.2 Å². The molecule has 0 aliphatic rings. The van der Waals surface area contributed by atoms with Crippen molar-refractivity contribution in [1.82, 2.24) is 0 Å². The fourth-order valence-corrected chi connectivity index (χ4v) is 1.69. The van der Waals surface area contributed by atoms with Crippen molar-refractivity contribution in [2.45, 2.75) is 25.2 Å². The molecule has 98 valence electrons. The van der Waals surface area contributed by atoms with Crippen LogP contribution in [0.1, 0.15) is 18.6 Å². The van der Waals surface area contributed by atoms with Gasteiger partial charge in [-0.2, -0.15) is 0 Å². The molecule has 2 N–H and O–H groups in total. The van der Waals surface area contributed by atoms with Gasteiger partial charge in [-0.05, 0) is 12.5 Å². The summed E-state index contributed by atoms with van der Waals surface area (Å²) in [4.78, 5) is 0. The summed E-state index contributed by atoms with van der Waals surface area (Å²) in [5.74, 6) is 0. The summed E-state index contributed by atoms with van der Waals surface area (Å²) in [5.41, 5.74) is 0.725. The molecule has 0 aliphatic heterocycles. The van der Waals surface area contributed by atoms with Crippen LogP contribution in [0.5, 0.6) is 0 Å². The molecule has 3 heteroatoms. The molecule has 3 atom stereocenters. The Labute approximate surface area is 108 Å². The van der Waals surface area contributed by atoms with Crippen LogP contribution in [0.2, 0.25) is 0 Å². The van der Waals surface area contributed by atoms with Crippen LogP contribution in [0.25, 0.3) is 0 Å². The first-order chi connectivity index (χ1) is 8.70. The Balaban J connectivity index is 2.76. The predicted molar refractivity (Wildman–Crippen MR) is 72.2 cm³/mol. The van der Waals surface area contributed by atoms with Gasteiger partial charge in [0.15, 0.2) is 0 Å². The fourth-order valence-electron chi connectivity index (χ4n) is 1.69. The smallest absolute Gasteiger partial charge is 0.117 e. The quantitative estimate of drug-likeness (QED) is 0.759. The van der Waals surface area contributed by atoms with Gasteiger partial charge in [-0.25, -0.2) is 0 Å². The third kappa shape index (κ3) is 4.11. The number of rotatable bonds is 6. The summed E-state index contributed by atoms with van der Waals surface area (Å²) in [7, 11) is 1.48. The van der Waals surface area contributed by atoms with E-state index in [-0.39, 0.29) is 0 Å². The first-order valence-corrected chi connectivity index (χ1v) is 5.94. The number of allylic oxidation sites excluding steroid dienone is 3. The first kappa shape index (κ1) is 14.6. The van der Waals surface area contributed by atoms with Gasteiger partial charge in [0.1, 0.15) is 18.3 Å². The van der Waals surface area contributed by atoms with Gasteiger partial charge in [0.2, 0.25) is 0 Å². The van der Waals surface area contributed by atoms with E-state index >= 15 is 0 Å². The molecule has 0 bridgehead atoms. The van der Waals surface area contributed by atoms with Crippen molar-refractivity contribution in [2.75, 3.05) is 7.11 Å². The Kier molecular flexibility index (Phi) is 6.36. The molecule has 0 unspecified atom stereocenters. The van der Waals surface area contributed by atoms with Crippen LogP contribution < -0.4 is 0 Å². The SMILES string of the molecule is C/C=C/C=C/[C@H](O)[C@@H](OC)[C@H](O)c1ccccc1. The maximum Gasteiger partial charge on any atom is 0.117 e. The molecule has 0 amide bonds. The number of hydrogen-bond donors (Lipinski definition) is 2. The highest BCUT2D eigenvalue weighted by Gasteiger charge is 2.26. The van der Waals surface area contributed by atoms with Crippen molar-refractivity contribution in [3.05, 3.63) is 60.2 Å². The monoisotopic (exact) mass is 248 g/mol.